The van der Waals surface area contributed by atoms with Crippen molar-refractivity contribution in [3.63, 3.8) is 0 Å². The van der Waals surface area contributed by atoms with Crippen molar-refractivity contribution in [2.24, 2.45) is 0 Å². The lowest BCUT2D eigenvalue weighted by Gasteiger charge is -2.27. The van der Waals surface area contributed by atoms with Crippen LogP contribution in [-0.2, 0) is 18.9 Å². The van der Waals surface area contributed by atoms with Crippen LogP contribution in [0.2, 0.25) is 0 Å². The summed E-state index contributed by atoms with van der Waals surface area (Å²) in [7, 11) is 0. The molecule has 0 atom stereocenters. The molecule has 0 saturated carbocycles. The van der Waals surface area contributed by atoms with Gasteiger partial charge in [-0.05, 0) is 26.7 Å². The molecule has 0 saturated heterocycles. The van der Waals surface area contributed by atoms with Gasteiger partial charge >= 0.3 is 0 Å². The van der Waals surface area contributed by atoms with E-state index in [1.807, 2.05) is 6.92 Å². The summed E-state index contributed by atoms with van der Waals surface area (Å²) < 4.78 is 21.7. The highest BCUT2D eigenvalue weighted by Gasteiger charge is 2.19. The van der Waals surface area contributed by atoms with Crippen molar-refractivity contribution in [2.45, 2.75) is 46.1 Å². The molecule has 0 aliphatic rings. The van der Waals surface area contributed by atoms with Gasteiger partial charge in [0.25, 0.3) is 0 Å². The van der Waals surface area contributed by atoms with Gasteiger partial charge in [0.15, 0.2) is 0 Å². The van der Waals surface area contributed by atoms with Gasteiger partial charge in [0.1, 0.15) is 0 Å². The molecule has 0 aliphatic carbocycles. The van der Waals surface area contributed by atoms with Crippen LogP contribution in [0.3, 0.4) is 0 Å². The fraction of sp³-hybridized carbons (Fsp3) is 1.00. The van der Waals surface area contributed by atoms with Gasteiger partial charge in [-0.3, -0.25) is 0 Å². The van der Waals surface area contributed by atoms with Crippen LogP contribution in [0.4, 0.5) is 0 Å². The first-order valence-corrected chi connectivity index (χ1v) is 7.05. The first-order valence-electron chi connectivity index (χ1n) is 7.05. The van der Waals surface area contributed by atoms with E-state index in [1.54, 1.807) is 0 Å². The molecule has 0 fully saturated rings. The minimum Gasteiger partial charge on any atom is -0.379 e. The second-order valence-corrected chi connectivity index (χ2v) is 4.43. The Morgan fingerprint density at radius 1 is 0.667 bits per heavy atom. The van der Waals surface area contributed by atoms with Crippen LogP contribution >= 0.6 is 0 Å². The second kappa shape index (κ2) is 11.9. The summed E-state index contributed by atoms with van der Waals surface area (Å²) in [4.78, 5) is 0. The molecule has 0 spiro atoms. The molecule has 0 amide bonds. The fourth-order valence-electron chi connectivity index (χ4n) is 1.39. The highest BCUT2D eigenvalue weighted by molar-refractivity contribution is 4.70. The summed E-state index contributed by atoms with van der Waals surface area (Å²) in [5.74, 6) is 0. The second-order valence-electron chi connectivity index (χ2n) is 4.43. The van der Waals surface area contributed by atoms with Gasteiger partial charge in [0, 0.05) is 6.61 Å². The van der Waals surface area contributed by atoms with Crippen molar-refractivity contribution in [3.8, 4) is 0 Å². The summed E-state index contributed by atoms with van der Waals surface area (Å²) >= 11 is 0. The third kappa shape index (κ3) is 9.83. The Balaban J connectivity index is 3.21. The Bertz CT molecular complexity index is 169. The minimum absolute atomic E-state index is 0.00263. The Hall–Kier alpha value is -0.160. The van der Waals surface area contributed by atoms with E-state index in [0.717, 1.165) is 19.4 Å². The first-order chi connectivity index (χ1) is 8.68. The van der Waals surface area contributed by atoms with E-state index >= 15 is 0 Å². The zero-order chi connectivity index (χ0) is 13.7. The monoisotopic (exact) mass is 262 g/mol. The van der Waals surface area contributed by atoms with Crippen LogP contribution in [0.5, 0.6) is 0 Å². The van der Waals surface area contributed by atoms with E-state index in [9.17, 15) is 0 Å². The lowest BCUT2D eigenvalue weighted by molar-refractivity contribution is -0.0666. The maximum absolute atomic E-state index is 5.80. The Morgan fingerprint density at radius 3 is 1.56 bits per heavy atom. The van der Waals surface area contributed by atoms with E-state index < -0.39 is 0 Å². The van der Waals surface area contributed by atoms with Crippen LogP contribution in [0.15, 0.2) is 0 Å². The molecule has 0 aromatic heterocycles. The van der Waals surface area contributed by atoms with Crippen LogP contribution in [0.1, 0.15) is 40.5 Å². The average molecular weight is 262 g/mol. The van der Waals surface area contributed by atoms with Crippen molar-refractivity contribution >= 4 is 0 Å². The van der Waals surface area contributed by atoms with Gasteiger partial charge in [0.2, 0.25) is 0 Å². The zero-order valence-corrected chi connectivity index (χ0v) is 12.5. The van der Waals surface area contributed by atoms with E-state index in [2.05, 4.69) is 20.8 Å². The molecule has 0 aromatic rings. The van der Waals surface area contributed by atoms with Gasteiger partial charge in [-0.1, -0.05) is 13.8 Å². The fourth-order valence-corrected chi connectivity index (χ4v) is 1.39. The van der Waals surface area contributed by atoms with Gasteiger partial charge in [-0.25, -0.2) is 0 Å². The maximum Gasteiger partial charge on any atom is 0.0707 e. The predicted molar refractivity (Wildman–Crippen MR) is 73.1 cm³/mol. The largest absolute Gasteiger partial charge is 0.379 e. The van der Waals surface area contributed by atoms with Gasteiger partial charge < -0.3 is 18.9 Å². The van der Waals surface area contributed by atoms with E-state index in [0.29, 0.717) is 39.6 Å². The first kappa shape index (κ1) is 17.8. The molecule has 18 heavy (non-hydrogen) atoms. The Morgan fingerprint density at radius 2 is 1.11 bits per heavy atom. The molecule has 0 heterocycles. The number of hydrogen-bond acceptors (Lipinski definition) is 4. The predicted octanol–water partition coefficient (Wildman–Crippen LogP) is 2.65. The van der Waals surface area contributed by atoms with Crippen molar-refractivity contribution in [1.29, 1.82) is 0 Å². The number of ether oxygens (including phenoxy) is 4. The molecule has 0 unspecified atom stereocenters. The lowest BCUT2D eigenvalue weighted by Crippen LogP contribution is -2.28. The van der Waals surface area contributed by atoms with E-state index in [-0.39, 0.29) is 5.60 Å². The zero-order valence-electron chi connectivity index (χ0n) is 12.5. The average Bonchev–Trinajstić information content (AvgIpc) is 2.40. The highest BCUT2D eigenvalue weighted by atomic mass is 16.6. The summed E-state index contributed by atoms with van der Waals surface area (Å²) in [5.41, 5.74) is -0.00263. The topological polar surface area (TPSA) is 36.9 Å². The normalized spacial score (nSPS) is 12.0. The molecular formula is C14H30O4. The molecule has 4 heteroatoms. The molecule has 0 bridgehead atoms. The number of rotatable bonds is 13. The lowest BCUT2D eigenvalue weighted by atomic mass is 10.0. The smallest absolute Gasteiger partial charge is 0.0707 e. The van der Waals surface area contributed by atoms with Gasteiger partial charge in [0.05, 0.1) is 45.2 Å². The highest BCUT2D eigenvalue weighted by Crippen LogP contribution is 2.18. The molecule has 0 rings (SSSR count). The molecule has 0 aliphatic heterocycles. The van der Waals surface area contributed by atoms with Gasteiger partial charge in [-0.15, -0.1) is 0 Å². The van der Waals surface area contributed by atoms with Crippen molar-refractivity contribution in [3.05, 3.63) is 0 Å². The van der Waals surface area contributed by atoms with Gasteiger partial charge in [-0.2, -0.15) is 0 Å². The van der Waals surface area contributed by atoms with Crippen LogP contribution in [0.25, 0.3) is 0 Å². The maximum atomic E-state index is 5.80. The molecule has 0 radical (unpaired) electrons. The summed E-state index contributed by atoms with van der Waals surface area (Å²) in [6.07, 6.45) is 2.06. The summed E-state index contributed by atoms with van der Waals surface area (Å²) in [6, 6.07) is 0. The third-order valence-corrected chi connectivity index (χ3v) is 3.12. The van der Waals surface area contributed by atoms with Crippen molar-refractivity contribution in [1.82, 2.24) is 0 Å². The summed E-state index contributed by atoms with van der Waals surface area (Å²) in [6.45, 7) is 13.0. The van der Waals surface area contributed by atoms with Crippen LogP contribution < -0.4 is 0 Å². The SMILES string of the molecule is CCOCCOCCOCCOC(C)(CC)CC. The molecule has 0 N–H and O–H groups in total. The molecular weight excluding hydrogens is 232 g/mol. The Kier molecular flexibility index (Phi) is 11.8. The standard InChI is InChI=1S/C14H30O4/c1-5-14(4,6-2)18-13-12-17-11-10-16-9-8-15-7-3/h5-13H2,1-4H3. The van der Waals surface area contributed by atoms with E-state index in [4.69, 9.17) is 18.9 Å². The van der Waals surface area contributed by atoms with Crippen molar-refractivity contribution < 1.29 is 18.9 Å². The molecule has 0 aromatic carbocycles. The summed E-state index contributed by atoms with van der Waals surface area (Å²) in [5, 5.41) is 0. The third-order valence-electron chi connectivity index (χ3n) is 3.12. The molecule has 4 nitrogen and oxygen atoms in total. The molecule has 110 valence electrons. The minimum atomic E-state index is -0.00263. The Labute approximate surface area is 112 Å². The van der Waals surface area contributed by atoms with Crippen LogP contribution in [-0.4, -0.2) is 51.8 Å². The van der Waals surface area contributed by atoms with Crippen LogP contribution in [0, 0.1) is 0 Å². The van der Waals surface area contributed by atoms with Crippen molar-refractivity contribution in [2.75, 3.05) is 46.2 Å². The van der Waals surface area contributed by atoms with E-state index in [1.165, 1.54) is 0 Å². The quantitative estimate of drug-likeness (QED) is 0.478. The number of hydrogen-bond donors (Lipinski definition) is 0.